The first kappa shape index (κ1) is 54.1. The number of fused-ring (bicyclic) bond motifs is 9. The standard InChI is InChI=1S/C73H48N2.C8H12.CH4S/c1-3-15-48(16-4-1)50-19-11-21-52(39-50)54-23-13-25-56(41-54)58-33-37-72-68(44-58)64-27-7-9-29-70(64)74(72)62-35-31-60-43-61-32-36-63(47-67(61)66(60)46-62)75-71-30-10-8-28-65(71)69-45-59(34-38-73(69)75)57-26-14-24-55(42-57)53-22-12-20-51(40-53)49-17-5-2-6-18-49;1-4-5-6-7-8(2)3;1-2/h1-42,44-47H,43H2;4-7H,2H2,1,3H3;2H,1H3/b;5-4-,7-6-;. The van der Waals surface area contributed by atoms with Gasteiger partial charge in [0, 0.05) is 32.9 Å². The van der Waals surface area contributed by atoms with E-state index in [-0.39, 0.29) is 0 Å². The summed E-state index contributed by atoms with van der Waals surface area (Å²) in [6, 6.07) is 103. The fraction of sp³-hybridized carbons (Fsp3) is 0.0488. The quantitative estimate of drug-likeness (QED) is 0.103. The first-order valence-electron chi connectivity index (χ1n) is 29.2. The van der Waals surface area contributed by atoms with Gasteiger partial charge in [-0.25, -0.2) is 0 Å². The third kappa shape index (κ3) is 10.7. The summed E-state index contributed by atoms with van der Waals surface area (Å²) in [5.74, 6) is 0. The molecule has 0 amide bonds. The summed E-state index contributed by atoms with van der Waals surface area (Å²) < 4.78 is 4.92. The van der Waals surface area contributed by atoms with Crippen molar-refractivity contribution in [2.24, 2.45) is 0 Å². The first-order valence-corrected chi connectivity index (χ1v) is 30.1. The molecule has 0 radical (unpaired) electrons. The lowest BCUT2D eigenvalue weighted by Crippen LogP contribution is -1.96. The Morgan fingerprint density at radius 2 is 0.659 bits per heavy atom. The molecule has 12 aromatic carbocycles. The number of para-hydroxylation sites is 2. The number of benzene rings is 12. The molecule has 0 aliphatic heterocycles. The van der Waals surface area contributed by atoms with E-state index in [0.717, 1.165) is 12.0 Å². The summed E-state index contributed by atoms with van der Waals surface area (Å²) in [4.78, 5) is 0. The summed E-state index contributed by atoms with van der Waals surface area (Å²) in [6.07, 6.45) is 10.5. The van der Waals surface area contributed by atoms with E-state index in [9.17, 15) is 0 Å². The zero-order valence-corrected chi connectivity index (χ0v) is 49.0. The molecule has 0 spiro atoms. The third-order valence-electron chi connectivity index (χ3n) is 16.4. The van der Waals surface area contributed by atoms with Gasteiger partial charge in [-0.3, -0.25) is 0 Å². The highest BCUT2D eigenvalue weighted by molar-refractivity contribution is 7.79. The fourth-order valence-corrected chi connectivity index (χ4v) is 12.4. The van der Waals surface area contributed by atoms with E-state index in [1.807, 2.05) is 38.2 Å². The molecule has 2 nitrogen and oxygen atoms in total. The largest absolute Gasteiger partial charge is 0.309 e. The van der Waals surface area contributed by atoms with Gasteiger partial charge in [-0.2, -0.15) is 12.6 Å². The van der Waals surface area contributed by atoms with E-state index in [2.05, 4.69) is 307 Å². The van der Waals surface area contributed by atoms with Gasteiger partial charge in [0.1, 0.15) is 0 Å². The molecule has 2 aromatic heterocycles. The molecular weight excluding hydrogens is 1040 g/mol. The average molecular weight is 1110 g/mol. The second kappa shape index (κ2) is 24.0. The maximum absolute atomic E-state index is 3.71. The van der Waals surface area contributed by atoms with Crippen LogP contribution in [0.3, 0.4) is 0 Å². The van der Waals surface area contributed by atoms with E-state index in [1.54, 1.807) is 6.26 Å². The summed E-state index contributed by atoms with van der Waals surface area (Å²) in [5, 5.41) is 5.00. The van der Waals surface area contributed by atoms with Crippen LogP contribution < -0.4 is 0 Å². The Balaban J connectivity index is 0.000000624. The number of aromatic nitrogens is 2. The van der Waals surface area contributed by atoms with Crippen LogP contribution in [0.5, 0.6) is 0 Å². The summed E-state index contributed by atoms with van der Waals surface area (Å²) in [5.41, 5.74) is 28.1. The number of rotatable bonds is 10. The second-order valence-corrected chi connectivity index (χ2v) is 21.8. The van der Waals surface area contributed by atoms with Crippen LogP contribution in [0.15, 0.2) is 316 Å². The van der Waals surface area contributed by atoms with Crippen molar-refractivity contribution in [1.82, 2.24) is 9.13 Å². The molecular formula is C82H64N2S. The third-order valence-corrected chi connectivity index (χ3v) is 16.4. The molecule has 0 atom stereocenters. The van der Waals surface area contributed by atoms with Gasteiger partial charge in [0.15, 0.2) is 0 Å². The number of allylic oxidation sites excluding steroid dienone is 5. The van der Waals surface area contributed by atoms with Gasteiger partial charge in [0.25, 0.3) is 0 Å². The zero-order valence-electron chi connectivity index (χ0n) is 48.1. The van der Waals surface area contributed by atoms with Crippen LogP contribution in [0.1, 0.15) is 25.0 Å². The van der Waals surface area contributed by atoms with Crippen molar-refractivity contribution < 1.29 is 0 Å². The van der Waals surface area contributed by atoms with Crippen LogP contribution in [0.4, 0.5) is 0 Å². The van der Waals surface area contributed by atoms with Crippen molar-refractivity contribution in [1.29, 1.82) is 0 Å². The van der Waals surface area contributed by atoms with Gasteiger partial charge in [0.05, 0.1) is 22.1 Å². The fourth-order valence-electron chi connectivity index (χ4n) is 12.4. The number of hydrogen-bond donors (Lipinski definition) is 1. The summed E-state index contributed by atoms with van der Waals surface area (Å²) >= 11 is 3.53. The number of nitrogens with zero attached hydrogens (tertiary/aromatic N) is 2. The second-order valence-electron chi connectivity index (χ2n) is 21.8. The molecule has 1 aliphatic rings. The van der Waals surface area contributed by atoms with Crippen molar-refractivity contribution in [3.8, 4) is 89.3 Å². The molecule has 0 saturated carbocycles. The van der Waals surface area contributed by atoms with Crippen molar-refractivity contribution in [3.05, 3.63) is 327 Å². The molecule has 0 saturated heterocycles. The molecule has 0 bridgehead atoms. The Labute approximate surface area is 504 Å². The first-order chi connectivity index (χ1) is 41.9. The highest BCUT2D eigenvalue weighted by atomic mass is 32.1. The van der Waals surface area contributed by atoms with Gasteiger partial charge in [-0.1, -0.05) is 231 Å². The Bertz CT molecular complexity index is 4570. The van der Waals surface area contributed by atoms with E-state index in [1.165, 1.54) is 144 Å². The van der Waals surface area contributed by atoms with Gasteiger partial charge in [-0.15, -0.1) is 0 Å². The van der Waals surface area contributed by atoms with Crippen LogP contribution in [-0.4, -0.2) is 15.4 Å². The zero-order chi connectivity index (χ0) is 57.8. The van der Waals surface area contributed by atoms with Crippen molar-refractivity contribution in [2.75, 3.05) is 6.26 Å². The molecule has 2 heterocycles. The van der Waals surface area contributed by atoms with E-state index in [0.29, 0.717) is 0 Å². The maximum Gasteiger partial charge on any atom is 0.0541 e. The Morgan fingerprint density at radius 3 is 1.04 bits per heavy atom. The van der Waals surface area contributed by atoms with Gasteiger partial charge in [0.2, 0.25) is 0 Å². The normalized spacial score (nSPS) is 11.7. The summed E-state index contributed by atoms with van der Waals surface area (Å²) in [7, 11) is 0. The van der Waals surface area contributed by atoms with Crippen LogP contribution in [0.2, 0.25) is 0 Å². The average Bonchev–Trinajstić information content (AvgIpc) is 2.59. The molecule has 3 heteroatoms. The SMILES string of the molecule is C=C(C)/C=C\C=C/C.CS.c1ccc(-c2cccc(-c3cccc(-c4ccc5c(c4)c4ccccc4n5-c4ccc5c(c4)-c4cc(-n6c7ccccc7c7cc(-c8cccc(-c9cccc(-c%10ccccc%10)c9)c8)ccc76)ccc4C5)c3)c2)cc1. The monoisotopic (exact) mass is 1110 g/mol. The van der Waals surface area contributed by atoms with Gasteiger partial charge < -0.3 is 9.13 Å². The molecule has 0 N–H and O–H groups in total. The van der Waals surface area contributed by atoms with E-state index >= 15 is 0 Å². The molecule has 1 aliphatic carbocycles. The van der Waals surface area contributed by atoms with Crippen molar-refractivity contribution >= 4 is 56.2 Å². The lowest BCUT2D eigenvalue weighted by atomic mass is 9.96. The van der Waals surface area contributed by atoms with Crippen LogP contribution in [-0.2, 0) is 6.42 Å². The number of hydrogen-bond acceptors (Lipinski definition) is 1. The minimum atomic E-state index is 0.920. The molecule has 14 aromatic rings. The van der Waals surface area contributed by atoms with Crippen LogP contribution in [0, 0.1) is 0 Å². The molecule has 15 rings (SSSR count). The van der Waals surface area contributed by atoms with Crippen LogP contribution in [0.25, 0.3) is 133 Å². The Kier molecular flexibility index (Phi) is 15.2. The Hall–Kier alpha value is -10.2. The topological polar surface area (TPSA) is 9.86 Å². The van der Waals surface area contributed by atoms with Crippen molar-refractivity contribution in [3.63, 3.8) is 0 Å². The predicted octanol–water partition coefficient (Wildman–Crippen LogP) is 22.7. The highest BCUT2D eigenvalue weighted by Crippen LogP contribution is 2.44. The van der Waals surface area contributed by atoms with Gasteiger partial charge in [-0.05, 0) is 200 Å². The smallest absolute Gasteiger partial charge is 0.0541 e. The maximum atomic E-state index is 3.71. The van der Waals surface area contributed by atoms with Gasteiger partial charge >= 0.3 is 0 Å². The predicted molar refractivity (Wildman–Crippen MR) is 370 cm³/mol. The van der Waals surface area contributed by atoms with E-state index in [4.69, 9.17) is 0 Å². The lowest BCUT2D eigenvalue weighted by molar-refractivity contribution is 1.17. The van der Waals surface area contributed by atoms with E-state index < -0.39 is 0 Å². The molecule has 0 fully saturated rings. The van der Waals surface area contributed by atoms with Crippen molar-refractivity contribution in [2.45, 2.75) is 20.3 Å². The molecule has 0 unspecified atom stereocenters. The minimum Gasteiger partial charge on any atom is -0.309 e. The molecule has 408 valence electrons. The summed E-state index contributed by atoms with van der Waals surface area (Å²) in [6.45, 7) is 7.67. The highest BCUT2D eigenvalue weighted by Gasteiger charge is 2.23. The minimum absolute atomic E-state index is 0.920. The molecule has 85 heavy (non-hydrogen) atoms. The lowest BCUT2D eigenvalue weighted by Gasteiger charge is -2.13. The number of thiol groups is 1. The van der Waals surface area contributed by atoms with Crippen LogP contribution >= 0.6 is 12.6 Å². The Morgan fingerprint density at radius 1 is 0.329 bits per heavy atom.